The minimum Gasteiger partial charge on any atom is -0.383 e. The minimum atomic E-state index is -0.749. The summed E-state index contributed by atoms with van der Waals surface area (Å²) in [5.74, 6) is -1.20. The van der Waals surface area contributed by atoms with Crippen LogP contribution in [0.25, 0.3) is 0 Å². The first-order valence-corrected chi connectivity index (χ1v) is 11.6. The van der Waals surface area contributed by atoms with E-state index in [1.54, 1.807) is 30.3 Å². The largest absolute Gasteiger partial charge is 0.383 e. The van der Waals surface area contributed by atoms with Crippen LogP contribution in [0.2, 0.25) is 10.0 Å². The van der Waals surface area contributed by atoms with Gasteiger partial charge in [0.15, 0.2) is 5.78 Å². The molecular formula is C26H24Cl2N4O2. The van der Waals surface area contributed by atoms with E-state index in [1.165, 1.54) is 5.01 Å². The Hall–Kier alpha value is -3.27. The highest BCUT2D eigenvalue weighted by Gasteiger charge is 2.45. The van der Waals surface area contributed by atoms with Crippen molar-refractivity contribution in [2.45, 2.75) is 39.5 Å². The zero-order valence-electron chi connectivity index (χ0n) is 19.1. The molecule has 34 heavy (non-hydrogen) atoms. The minimum absolute atomic E-state index is 0.0585. The number of halogens is 2. The Kier molecular flexibility index (Phi) is 6.20. The molecule has 8 heteroatoms. The molecule has 2 aliphatic rings. The molecule has 6 nitrogen and oxygen atoms in total. The molecule has 0 spiro atoms. The zero-order chi connectivity index (χ0) is 24.8. The fraction of sp³-hybridized carbons (Fsp3) is 0.269. The van der Waals surface area contributed by atoms with Gasteiger partial charge in [0.2, 0.25) is 0 Å². The summed E-state index contributed by atoms with van der Waals surface area (Å²) in [6, 6.07) is 14.2. The molecule has 1 heterocycles. The fourth-order valence-electron chi connectivity index (χ4n) is 4.55. The number of nitrogens with one attached hydrogen (secondary N) is 1. The number of Topliss-reactive ketones (excluding diaryl/α,β-unsaturated/α-hetero) is 1. The van der Waals surface area contributed by atoms with Gasteiger partial charge in [-0.1, -0.05) is 60.8 Å². The Labute approximate surface area is 208 Å². The molecule has 0 saturated heterocycles. The maximum absolute atomic E-state index is 13.5. The van der Waals surface area contributed by atoms with Gasteiger partial charge < -0.3 is 5.73 Å². The third-order valence-electron chi connectivity index (χ3n) is 6.18. The summed E-state index contributed by atoms with van der Waals surface area (Å²) in [4.78, 5) is 26.5. The SMILES string of the molecule is Cc1ccc(C(=O)NN2C(N)=C(C#N)C(c3ccc(Cl)cc3Cl)C3=C2CC(C)(C)CC3=O)cc1. The van der Waals surface area contributed by atoms with E-state index in [0.29, 0.717) is 45.3 Å². The molecule has 1 amide bonds. The van der Waals surface area contributed by atoms with Gasteiger partial charge in [-0.25, -0.2) is 5.01 Å². The Balaban J connectivity index is 1.87. The maximum Gasteiger partial charge on any atom is 0.270 e. The number of hydrogen-bond donors (Lipinski definition) is 2. The molecule has 0 bridgehead atoms. The number of carbonyl (C=O) groups is 2. The van der Waals surface area contributed by atoms with Gasteiger partial charge in [-0.2, -0.15) is 5.26 Å². The van der Waals surface area contributed by atoms with Crippen molar-refractivity contribution in [1.29, 1.82) is 5.26 Å². The number of benzene rings is 2. The van der Waals surface area contributed by atoms with Crippen molar-refractivity contribution in [3.05, 3.63) is 91.9 Å². The highest BCUT2D eigenvalue weighted by atomic mass is 35.5. The summed E-state index contributed by atoms with van der Waals surface area (Å²) in [7, 11) is 0. The van der Waals surface area contributed by atoms with Crippen LogP contribution in [0.1, 0.15) is 54.1 Å². The van der Waals surface area contributed by atoms with Gasteiger partial charge in [0.1, 0.15) is 5.82 Å². The van der Waals surface area contributed by atoms with Crippen LogP contribution >= 0.6 is 23.2 Å². The van der Waals surface area contributed by atoms with Crippen LogP contribution in [0.4, 0.5) is 0 Å². The molecule has 174 valence electrons. The number of ketones is 1. The lowest BCUT2D eigenvalue weighted by atomic mass is 9.69. The smallest absolute Gasteiger partial charge is 0.270 e. The molecule has 4 rings (SSSR count). The number of aryl methyl sites for hydroxylation is 1. The van der Waals surface area contributed by atoms with Gasteiger partial charge in [0, 0.05) is 27.6 Å². The topological polar surface area (TPSA) is 99.2 Å². The molecule has 0 fully saturated rings. The second-order valence-corrected chi connectivity index (χ2v) is 10.3. The van der Waals surface area contributed by atoms with Crippen molar-refractivity contribution >= 4 is 34.9 Å². The number of nitrogens with zero attached hydrogens (tertiary/aromatic N) is 2. The number of carbonyl (C=O) groups excluding carboxylic acids is 2. The molecule has 0 saturated carbocycles. The summed E-state index contributed by atoms with van der Waals surface area (Å²) in [5, 5.41) is 12.3. The van der Waals surface area contributed by atoms with Gasteiger partial charge in [-0.3, -0.25) is 15.0 Å². The zero-order valence-corrected chi connectivity index (χ0v) is 20.6. The second kappa shape index (κ2) is 8.83. The van der Waals surface area contributed by atoms with Crippen LogP contribution in [-0.2, 0) is 4.79 Å². The van der Waals surface area contributed by atoms with E-state index in [9.17, 15) is 14.9 Å². The quantitative estimate of drug-likeness (QED) is 0.596. The number of amides is 1. The number of nitriles is 1. The lowest BCUT2D eigenvalue weighted by molar-refractivity contribution is -0.118. The van der Waals surface area contributed by atoms with E-state index in [4.69, 9.17) is 28.9 Å². The first-order chi connectivity index (χ1) is 16.0. The maximum atomic E-state index is 13.5. The molecule has 3 N–H and O–H groups in total. The van der Waals surface area contributed by atoms with Crippen molar-refractivity contribution in [2.75, 3.05) is 0 Å². The van der Waals surface area contributed by atoms with E-state index in [-0.39, 0.29) is 22.6 Å². The highest BCUT2D eigenvalue weighted by molar-refractivity contribution is 6.35. The summed E-state index contributed by atoms with van der Waals surface area (Å²) in [5.41, 5.74) is 12.1. The van der Waals surface area contributed by atoms with Crippen molar-refractivity contribution in [1.82, 2.24) is 10.4 Å². The molecule has 1 unspecified atom stereocenters. The Morgan fingerprint density at radius 2 is 1.85 bits per heavy atom. The van der Waals surface area contributed by atoms with E-state index in [0.717, 1.165) is 5.56 Å². The molecule has 2 aromatic carbocycles. The van der Waals surface area contributed by atoms with E-state index in [1.807, 2.05) is 32.9 Å². The molecule has 0 aromatic heterocycles. The van der Waals surface area contributed by atoms with E-state index >= 15 is 0 Å². The van der Waals surface area contributed by atoms with Crippen LogP contribution in [0.5, 0.6) is 0 Å². The van der Waals surface area contributed by atoms with Gasteiger partial charge in [0.05, 0.1) is 23.3 Å². The Bertz CT molecular complexity index is 1300. The average Bonchev–Trinajstić information content (AvgIpc) is 2.75. The number of hydrogen-bond acceptors (Lipinski definition) is 5. The lowest BCUT2D eigenvalue weighted by Crippen LogP contribution is -2.49. The molecule has 2 aromatic rings. The summed E-state index contributed by atoms with van der Waals surface area (Å²) >= 11 is 12.6. The number of rotatable bonds is 3. The highest BCUT2D eigenvalue weighted by Crippen LogP contribution is 2.49. The van der Waals surface area contributed by atoms with Crippen molar-refractivity contribution in [2.24, 2.45) is 11.1 Å². The first-order valence-electron chi connectivity index (χ1n) is 10.8. The van der Waals surface area contributed by atoms with Crippen LogP contribution in [0, 0.1) is 23.7 Å². The summed E-state index contributed by atoms with van der Waals surface area (Å²) in [6.07, 6.45) is 0.773. The van der Waals surface area contributed by atoms with Gasteiger partial charge in [0.25, 0.3) is 5.91 Å². The summed E-state index contributed by atoms with van der Waals surface area (Å²) in [6.45, 7) is 5.90. The van der Waals surface area contributed by atoms with Crippen molar-refractivity contribution in [3.63, 3.8) is 0 Å². The third-order valence-corrected chi connectivity index (χ3v) is 6.74. The molecule has 0 radical (unpaired) electrons. The second-order valence-electron chi connectivity index (χ2n) is 9.45. The van der Waals surface area contributed by atoms with Crippen LogP contribution in [0.3, 0.4) is 0 Å². The third kappa shape index (κ3) is 4.29. The number of allylic oxidation sites excluding steroid dienone is 3. The molecule has 1 atom stereocenters. The predicted molar refractivity (Wildman–Crippen MR) is 132 cm³/mol. The first kappa shape index (κ1) is 23.9. The monoisotopic (exact) mass is 494 g/mol. The molecular weight excluding hydrogens is 471 g/mol. The Morgan fingerprint density at radius 1 is 1.18 bits per heavy atom. The Morgan fingerprint density at radius 3 is 2.47 bits per heavy atom. The van der Waals surface area contributed by atoms with Crippen LogP contribution < -0.4 is 11.2 Å². The number of nitrogens with two attached hydrogens (primary N) is 1. The normalized spacial score (nSPS) is 19.6. The van der Waals surface area contributed by atoms with E-state index < -0.39 is 11.8 Å². The van der Waals surface area contributed by atoms with E-state index in [2.05, 4.69) is 11.5 Å². The van der Waals surface area contributed by atoms with Gasteiger partial charge >= 0.3 is 0 Å². The fourth-order valence-corrected chi connectivity index (χ4v) is 5.07. The molecule has 1 aliphatic carbocycles. The van der Waals surface area contributed by atoms with Crippen LogP contribution in [-0.4, -0.2) is 16.7 Å². The lowest BCUT2D eigenvalue weighted by Gasteiger charge is -2.43. The van der Waals surface area contributed by atoms with Crippen LogP contribution in [0.15, 0.2) is 65.1 Å². The predicted octanol–water partition coefficient (Wildman–Crippen LogP) is 5.38. The average molecular weight is 495 g/mol. The van der Waals surface area contributed by atoms with Gasteiger partial charge in [-0.05, 0) is 48.6 Å². The summed E-state index contributed by atoms with van der Waals surface area (Å²) < 4.78 is 0. The number of hydrazine groups is 1. The molecule has 1 aliphatic heterocycles. The van der Waals surface area contributed by atoms with Gasteiger partial charge in [-0.15, -0.1) is 0 Å². The van der Waals surface area contributed by atoms with Crippen molar-refractivity contribution < 1.29 is 9.59 Å². The standard InChI is InChI=1S/C26H24Cl2N4O2/c1-14-4-6-15(7-5-14)25(34)31-32-20-11-26(2,3)12-21(33)23(20)22(18(13-29)24(32)30)17-9-8-16(27)10-19(17)28/h4-10,22H,11-12,30H2,1-3H3,(H,31,34). The van der Waals surface area contributed by atoms with Crippen molar-refractivity contribution in [3.8, 4) is 6.07 Å².